The molecule has 0 amide bonds. The highest BCUT2D eigenvalue weighted by atomic mass is 31.2. The zero-order valence-electron chi connectivity index (χ0n) is 22.5. The van der Waals surface area contributed by atoms with Gasteiger partial charge in [0.2, 0.25) is 0 Å². The third-order valence-corrected chi connectivity index (χ3v) is 10.3. The van der Waals surface area contributed by atoms with Crippen LogP contribution < -0.4 is 26.4 Å². The second-order valence-corrected chi connectivity index (χ2v) is 12.4. The van der Waals surface area contributed by atoms with Gasteiger partial charge in [0.05, 0.1) is 12.8 Å². The van der Waals surface area contributed by atoms with Crippen LogP contribution in [0.3, 0.4) is 0 Å². The van der Waals surface area contributed by atoms with E-state index in [2.05, 4.69) is 91.0 Å². The van der Waals surface area contributed by atoms with Crippen molar-refractivity contribution >= 4 is 36.4 Å². The van der Waals surface area contributed by atoms with Gasteiger partial charge in [-0.05, 0) is 54.6 Å². The number of nitrogens with two attached hydrogens (primary N) is 1. The van der Waals surface area contributed by atoms with E-state index in [4.69, 9.17) is 20.4 Å². The summed E-state index contributed by atoms with van der Waals surface area (Å²) in [7, 11) is -7.84. The van der Waals surface area contributed by atoms with Gasteiger partial charge in [-0.15, -0.1) is 0 Å². The van der Waals surface area contributed by atoms with Gasteiger partial charge in [0, 0.05) is 25.5 Å². The summed E-state index contributed by atoms with van der Waals surface area (Å²) in [6.45, 7) is 1.97. The fraction of sp³-hybridized carbons (Fsp3) is 0.167. The Balaban J connectivity index is 0.000000571. The Morgan fingerprint density at radius 1 is 0.805 bits per heavy atom. The lowest BCUT2D eigenvalue weighted by atomic mass is 10.2. The first-order valence-electron chi connectivity index (χ1n) is 12.7. The van der Waals surface area contributed by atoms with E-state index >= 15 is 0 Å². The summed E-state index contributed by atoms with van der Waals surface area (Å²) >= 11 is 0. The second kappa shape index (κ2) is 16.4. The number of carboxylic acids is 1. The summed E-state index contributed by atoms with van der Waals surface area (Å²) in [4.78, 5) is 9.00. The molecule has 0 saturated heterocycles. The van der Waals surface area contributed by atoms with Crippen LogP contribution >= 0.6 is 7.26 Å². The van der Waals surface area contributed by atoms with Crippen LogP contribution in [0.2, 0.25) is 0 Å². The number of halogens is 4. The molecule has 0 saturated carbocycles. The van der Waals surface area contributed by atoms with E-state index in [1.807, 2.05) is 6.07 Å². The van der Waals surface area contributed by atoms with E-state index in [9.17, 15) is 22.4 Å². The predicted octanol–water partition coefficient (Wildman–Crippen LogP) is 6.00. The van der Waals surface area contributed by atoms with E-state index in [0.717, 1.165) is 25.3 Å². The van der Waals surface area contributed by atoms with Crippen LogP contribution in [-0.4, -0.2) is 36.2 Å². The van der Waals surface area contributed by atoms with E-state index in [1.165, 1.54) is 15.9 Å². The van der Waals surface area contributed by atoms with Gasteiger partial charge in [-0.2, -0.15) is 0 Å². The SMILES string of the molecule is CC(=O)O.F[B-](F)(F)F.NCc1cc(OCCC[P+](c2ccccc2)(c2ccccc2)c2ccccc2)ccc1O. The number of hydrogen-bond donors (Lipinski definition) is 3. The molecule has 0 aliphatic carbocycles. The molecule has 0 radical (unpaired) electrons. The van der Waals surface area contributed by atoms with Crippen molar-refractivity contribution in [2.75, 3.05) is 12.8 Å². The van der Waals surface area contributed by atoms with Crippen molar-refractivity contribution < 1.29 is 37.0 Å². The van der Waals surface area contributed by atoms with Crippen molar-refractivity contribution in [3.63, 3.8) is 0 Å². The molecule has 0 aromatic heterocycles. The largest absolute Gasteiger partial charge is 0.673 e. The standard InChI is InChI=1S/C28H28NO2P.C2H4O2.BF4/c29-22-23-21-24(17-18-28(23)30)31-19-10-20-32(25-11-4-1-5-12-25,26-13-6-2-7-14-26)27-15-8-3-9-16-27;1-2(3)4;2-1(3,4)5/h1-9,11-18,21H,10,19-20,22,29H2;1H3,(H,3,4);/q;;-1/p+1. The highest BCUT2D eigenvalue weighted by molar-refractivity contribution is 7.95. The Labute approximate surface area is 238 Å². The van der Waals surface area contributed by atoms with Crippen LogP contribution in [-0.2, 0) is 11.3 Å². The van der Waals surface area contributed by atoms with Gasteiger partial charge in [-0.25, -0.2) is 0 Å². The van der Waals surface area contributed by atoms with Crippen molar-refractivity contribution in [2.24, 2.45) is 5.73 Å². The molecule has 0 spiro atoms. The number of phenols is 1. The molecule has 4 N–H and O–H groups in total. The highest BCUT2D eigenvalue weighted by Gasteiger charge is 2.44. The van der Waals surface area contributed by atoms with Gasteiger partial charge in [0.25, 0.3) is 5.97 Å². The fourth-order valence-electron chi connectivity index (χ4n) is 4.19. The maximum atomic E-state index is 9.86. The van der Waals surface area contributed by atoms with Gasteiger partial charge in [-0.1, -0.05) is 54.6 Å². The van der Waals surface area contributed by atoms with Crippen LogP contribution in [0, 0.1) is 0 Å². The molecular weight excluding hydrogens is 556 g/mol. The molecule has 4 rings (SSSR count). The number of aromatic hydroxyl groups is 1. The summed E-state index contributed by atoms with van der Waals surface area (Å²) < 4.78 is 45.1. The number of carbonyl (C=O) groups is 1. The molecule has 218 valence electrons. The van der Waals surface area contributed by atoms with Gasteiger partial charge in [0.1, 0.15) is 34.7 Å². The Morgan fingerprint density at radius 2 is 1.20 bits per heavy atom. The number of rotatable bonds is 9. The zero-order valence-corrected chi connectivity index (χ0v) is 23.4. The Bertz CT molecular complexity index is 1220. The van der Waals surface area contributed by atoms with Crippen LogP contribution in [0.25, 0.3) is 0 Å². The topological polar surface area (TPSA) is 92.8 Å². The highest BCUT2D eigenvalue weighted by Crippen LogP contribution is 2.55. The van der Waals surface area contributed by atoms with Crippen molar-refractivity contribution in [3.05, 3.63) is 115 Å². The van der Waals surface area contributed by atoms with E-state index < -0.39 is 20.5 Å². The second-order valence-electron chi connectivity index (χ2n) is 8.75. The monoisotopic (exact) mass is 589 g/mol. The smallest absolute Gasteiger partial charge is 0.508 e. The molecule has 4 aromatic carbocycles. The molecular formula is C30H33BF4NO4P. The van der Waals surface area contributed by atoms with E-state index in [0.29, 0.717) is 12.2 Å². The summed E-state index contributed by atoms with van der Waals surface area (Å²) in [5.41, 5.74) is 6.41. The molecule has 11 heteroatoms. The van der Waals surface area contributed by atoms with Gasteiger partial charge in [0.15, 0.2) is 0 Å². The Hall–Kier alpha value is -3.88. The van der Waals surface area contributed by atoms with Gasteiger partial charge in [-0.3, -0.25) is 4.79 Å². The summed E-state index contributed by atoms with van der Waals surface area (Å²) in [6.07, 6.45) is 1.91. The molecule has 4 aromatic rings. The number of ether oxygens (including phenoxy) is 1. The first-order valence-corrected chi connectivity index (χ1v) is 14.7. The normalized spacial score (nSPS) is 10.9. The predicted molar refractivity (Wildman–Crippen MR) is 160 cm³/mol. The lowest BCUT2D eigenvalue weighted by molar-refractivity contribution is -0.134. The van der Waals surface area contributed by atoms with Crippen LogP contribution in [0.5, 0.6) is 11.5 Å². The first-order chi connectivity index (χ1) is 19.5. The number of phenolic OH excluding ortho intramolecular Hbond substituents is 1. The zero-order chi connectivity index (χ0) is 30.3. The van der Waals surface area contributed by atoms with E-state index in [-0.39, 0.29) is 12.3 Å². The lowest BCUT2D eigenvalue weighted by Crippen LogP contribution is -2.33. The minimum absolute atomic E-state index is 0.210. The molecule has 0 heterocycles. The third kappa shape index (κ3) is 11.3. The molecule has 5 nitrogen and oxygen atoms in total. The minimum Gasteiger partial charge on any atom is -0.508 e. The minimum atomic E-state index is -6.00. The first kappa shape index (κ1) is 33.3. The quantitative estimate of drug-likeness (QED) is 0.0964. The van der Waals surface area contributed by atoms with Crippen LogP contribution in [0.1, 0.15) is 18.9 Å². The molecule has 41 heavy (non-hydrogen) atoms. The average molecular weight is 589 g/mol. The van der Waals surface area contributed by atoms with Gasteiger partial charge < -0.3 is 37.9 Å². The number of benzene rings is 4. The van der Waals surface area contributed by atoms with Crippen molar-refractivity contribution in [1.82, 2.24) is 0 Å². The number of aliphatic carboxylic acids is 1. The maximum Gasteiger partial charge on any atom is 0.673 e. The van der Waals surface area contributed by atoms with Gasteiger partial charge >= 0.3 is 7.25 Å². The van der Waals surface area contributed by atoms with Crippen LogP contribution in [0.4, 0.5) is 17.3 Å². The molecule has 0 atom stereocenters. The van der Waals surface area contributed by atoms with Crippen LogP contribution in [0.15, 0.2) is 109 Å². The average Bonchev–Trinajstić information content (AvgIpc) is 2.94. The van der Waals surface area contributed by atoms with Crippen molar-refractivity contribution in [2.45, 2.75) is 19.9 Å². The number of carboxylic acid groups (broad SMARTS) is 1. The third-order valence-electron chi connectivity index (χ3n) is 5.77. The van der Waals surface area contributed by atoms with Crippen molar-refractivity contribution in [1.29, 1.82) is 0 Å². The fourth-order valence-corrected chi connectivity index (χ4v) is 8.50. The van der Waals surface area contributed by atoms with Crippen molar-refractivity contribution in [3.8, 4) is 11.5 Å². The molecule has 0 unspecified atom stereocenters. The summed E-state index contributed by atoms with van der Waals surface area (Å²) in [6, 6.07) is 37.9. The summed E-state index contributed by atoms with van der Waals surface area (Å²) in [5, 5.41) is 21.4. The molecule has 0 aliphatic rings. The maximum absolute atomic E-state index is 9.86. The molecule has 0 bridgehead atoms. The lowest BCUT2D eigenvalue weighted by Gasteiger charge is -2.27. The number of hydrogen-bond acceptors (Lipinski definition) is 4. The summed E-state index contributed by atoms with van der Waals surface area (Å²) in [5.74, 6) is 0.119. The molecule has 0 fully saturated rings. The molecule has 0 aliphatic heterocycles. The Kier molecular flexibility index (Phi) is 13.3. The Morgan fingerprint density at radius 3 is 1.56 bits per heavy atom. The van der Waals surface area contributed by atoms with E-state index in [1.54, 1.807) is 12.1 Å².